The van der Waals surface area contributed by atoms with E-state index in [1.165, 1.54) is 5.56 Å². The summed E-state index contributed by atoms with van der Waals surface area (Å²) < 4.78 is 0. The van der Waals surface area contributed by atoms with Crippen LogP contribution in [0.25, 0.3) is 0 Å². The molecule has 0 bridgehead atoms. The van der Waals surface area contributed by atoms with Crippen molar-refractivity contribution in [2.24, 2.45) is 0 Å². The Hall–Kier alpha value is -1.16. The zero-order chi connectivity index (χ0) is 13.4. The van der Waals surface area contributed by atoms with Crippen molar-refractivity contribution < 1.29 is 9.90 Å². The minimum atomic E-state index is -0.738. The quantitative estimate of drug-likeness (QED) is 0.735. The molecule has 0 unspecified atom stereocenters. The molecule has 0 heterocycles. The Balaban J connectivity index is 2.69. The maximum Gasteiger partial charge on any atom is 0.305 e. The third kappa shape index (κ3) is 5.00. The molecule has 0 aliphatic carbocycles. The average molecular weight is 267 g/mol. The Morgan fingerprint density at radius 1 is 1.33 bits per heavy atom. The van der Waals surface area contributed by atoms with Gasteiger partial charge >= 0.3 is 5.97 Å². The Bertz CT molecular complexity index is 382. The molecule has 0 aliphatic rings. The van der Waals surface area contributed by atoms with Crippen molar-refractivity contribution >= 4 is 23.4 Å². The number of anilines is 1. The van der Waals surface area contributed by atoms with Crippen LogP contribution in [0, 0.1) is 6.92 Å². The molecule has 4 heteroatoms. The van der Waals surface area contributed by atoms with Crippen LogP contribution in [0.4, 0.5) is 5.69 Å². The number of aryl methyl sites for hydroxylation is 1. The van der Waals surface area contributed by atoms with Gasteiger partial charge in [0.05, 0.1) is 6.42 Å². The molecular weight excluding hydrogens is 246 g/mol. The number of thioether (sulfide) groups is 1. The van der Waals surface area contributed by atoms with Gasteiger partial charge in [-0.05, 0) is 37.0 Å². The van der Waals surface area contributed by atoms with Gasteiger partial charge in [0.15, 0.2) is 0 Å². The van der Waals surface area contributed by atoms with E-state index >= 15 is 0 Å². The SMILES string of the molecule is CSCCCN(CCC(=O)O)c1ccccc1C. The van der Waals surface area contributed by atoms with Gasteiger partial charge < -0.3 is 10.0 Å². The molecule has 1 N–H and O–H groups in total. The monoisotopic (exact) mass is 267 g/mol. The number of para-hydroxylation sites is 1. The number of aliphatic carboxylic acids is 1. The number of nitrogens with zero attached hydrogens (tertiary/aromatic N) is 1. The summed E-state index contributed by atoms with van der Waals surface area (Å²) in [6.07, 6.45) is 3.36. The van der Waals surface area contributed by atoms with Crippen molar-refractivity contribution in [2.45, 2.75) is 19.8 Å². The van der Waals surface area contributed by atoms with Gasteiger partial charge in [-0.15, -0.1) is 0 Å². The molecule has 0 saturated heterocycles. The summed E-state index contributed by atoms with van der Waals surface area (Å²) in [5.74, 6) is 0.369. The first-order chi connectivity index (χ1) is 8.65. The smallest absolute Gasteiger partial charge is 0.305 e. The number of hydrogen-bond acceptors (Lipinski definition) is 3. The molecule has 0 fully saturated rings. The Morgan fingerprint density at radius 3 is 2.67 bits per heavy atom. The van der Waals surface area contributed by atoms with E-state index < -0.39 is 5.97 Å². The number of benzene rings is 1. The van der Waals surface area contributed by atoms with Crippen molar-refractivity contribution in [3.63, 3.8) is 0 Å². The van der Waals surface area contributed by atoms with Crippen LogP contribution >= 0.6 is 11.8 Å². The minimum Gasteiger partial charge on any atom is -0.481 e. The summed E-state index contributed by atoms with van der Waals surface area (Å²) in [6, 6.07) is 8.15. The van der Waals surface area contributed by atoms with E-state index in [2.05, 4.69) is 30.2 Å². The first-order valence-corrected chi connectivity index (χ1v) is 7.56. The van der Waals surface area contributed by atoms with Crippen molar-refractivity contribution in [1.82, 2.24) is 0 Å². The topological polar surface area (TPSA) is 40.5 Å². The molecule has 1 aromatic carbocycles. The van der Waals surface area contributed by atoms with Gasteiger partial charge in [-0.1, -0.05) is 18.2 Å². The van der Waals surface area contributed by atoms with Gasteiger partial charge in [-0.3, -0.25) is 4.79 Å². The van der Waals surface area contributed by atoms with Crippen LogP contribution in [-0.4, -0.2) is 36.2 Å². The number of carboxylic acid groups (broad SMARTS) is 1. The summed E-state index contributed by atoms with van der Waals surface area (Å²) in [7, 11) is 0. The highest BCUT2D eigenvalue weighted by Crippen LogP contribution is 2.20. The van der Waals surface area contributed by atoms with Gasteiger partial charge in [-0.2, -0.15) is 11.8 Å². The predicted molar refractivity (Wildman–Crippen MR) is 78.6 cm³/mol. The molecule has 0 aliphatic heterocycles. The molecule has 0 radical (unpaired) electrons. The van der Waals surface area contributed by atoms with Crippen molar-refractivity contribution in [2.75, 3.05) is 30.0 Å². The normalized spacial score (nSPS) is 10.3. The molecule has 1 rings (SSSR count). The van der Waals surface area contributed by atoms with Gasteiger partial charge in [0.25, 0.3) is 0 Å². The lowest BCUT2D eigenvalue weighted by Gasteiger charge is -2.25. The number of hydrogen-bond donors (Lipinski definition) is 1. The fraction of sp³-hybridized carbons (Fsp3) is 0.500. The summed E-state index contributed by atoms with van der Waals surface area (Å²) in [6.45, 7) is 3.56. The molecule has 1 aromatic rings. The lowest BCUT2D eigenvalue weighted by Crippen LogP contribution is -2.28. The fourth-order valence-corrected chi connectivity index (χ4v) is 2.32. The summed E-state index contributed by atoms with van der Waals surface area (Å²) >= 11 is 1.82. The number of carbonyl (C=O) groups is 1. The third-order valence-electron chi connectivity index (χ3n) is 2.83. The van der Waals surface area contributed by atoms with Crippen molar-refractivity contribution in [1.29, 1.82) is 0 Å². The van der Waals surface area contributed by atoms with Crippen molar-refractivity contribution in [3.8, 4) is 0 Å². The second-order valence-electron chi connectivity index (χ2n) is 4.26. The summed E-state index contributed by atoms with van der Waals surface area (Å²) in [4.78, 5) is 12.9. The van der Waals surface area contributed by atoms with Gasteiger partial charge in [0.1, 0.15) is 0 Å². The van der Waals surface area contributed by atoms with Crippen LogP contribution < -0.4 is 4.90 Å². The zero-order valence-corrected chi connectivity index (χ0v) is 11.9. The Morgan fingerprint density at radius 2 is 2.06 bits per heavy atom. The van der Waals surface area contributed by atoms with Gasteiger partial charge in [0, 0.05) is 18.8 Å². The summed E-state index contributed by atoms with van der Waals surface area (Å²) in [5, 5.41) is 8.82. The van der Waals surface area contributed by atoms with Crippen LogP contribution in [0.1, 0.15) is 18.4 Å². The number of carboxylic acids is 1. The molecule has 0 saturated carbocycles. The van der Waals surface area contributed by atoms with E-state index in [9.17, 15) is 4.79 Å². The average Bonchev–Trinajstić information content (AvgIpc) is 2.34. The highest BCUT2D eigenvalue weighted by atomic mass is 32.2. The maximum absolute atomic E-state index is 10.7. The van der Waals surface area contributed by atoms with E-state index in [0.29, 0.717) is 6.54 Å². The summed E-state index contributed by atoms with van der Waals surface area (Å²) in [5.41, 5.74) is 2.35. The Kier molecular flexibility index (Phi) is 6.65. The van der Waals surface area contributed by atoms with Gasteiger partial charge in [0.2, 0.25) is 0 Å². The van der Waals surface area contributed by atoms with Crippen LogP contribution in [0.15, 0.2) is 24.3 Å². The first kappa shape index (κ1) is 14.9. The predicted octanol–water partition coefficient (Wildman–Crippen LogP) is 3.03. The third-order valence-corrected chi connectivity index (χ3v) is 3.53. The molecular formula is C14H21NO2S. The molecule has 0 amide bonds. The fourth-order valence-electron chi connectivity index (χ4n) is 1.90. The second kappa shape index (κ2) is 8.03. The van der Waals surface area contributed by atoms with Crippen LogP contribution in [0.3, 0.4) is 0 Å². The van der Waals surface area contributed by atoms with E-state index in [-0.39, 0.29) is 6.42 Å². The first-order valence-electron chi connectivity index (χ1n) is 6.16. The number of rotatable bonds is 8. The standard InChI is InChI=1S/C14H21NO2S/c1-12-6-3-4-7-13(12)15(9-5-11-18-2)10-8-14(16)17/h3-4,6-7H,5,8-11H2,1-2H3,(H,16,17). The van der Waals surface area contributed by atoms with E-state index in [0.717, 1.165) is 24.4 Å². The van der Waals surface area contributed by atoms with E-state index in [4.69, 9.17) is 5.11 Å². The maximum atomic E-state index is 10.7. The molecule has 3 nitrogen and oxygen atoms in total. The molecule has 0 aromatic heterocycles. The molecule has 100 valence electrons. The minimum absolute atomic E-state index is 0.188. The lowest BCUT2D eigenvalue weighted by molar-refractivity contribution is -0.136. The Labute approximate surface area is 113 Å². The highest BCUT2D eigenvalue weighted by molar-refractivity contribution is 7.98. The van der Waals surface area contributed by atoms with E-state index in [1.807, 2.05) is 23.9 Å². The zero-order valence-electron chi connectivity index (χ0n) is 11.1. The van der Waals surface area contributed by atoms with E-state index in [1.54, 1.807) is 0 Å². The second-order valence-corrected chi connectivity index (χ2v) is 5.25. The molecule has 18 heavy (non-hydrogen) atoms. The van der Waals surface area contributed by atoms with Crippen molar-refractivity contribution in [3.05, 3.63) is 29.8 Å². The highest BCUT2D eigenvalue weighted by Gasteiger charge is 2.10. The van der Waals surface area contributed by atoms with Crippen LogP contribution in [0.5, 0.6) is 0 Å². The molecule has 0 atom stereocenters. The van der Waals surface area contributed by atoms with Crippen LogP contribution in [0.2, 0.25) is 0 Å². The van der Waals surface area contributed by atoms with Crippen LogP contribution in [-0.2, 0) is 4.79 Å². The lowest BCUT2D eigenvalue weighted by atomic mass is 10.1. The van der Waals surface area contributed by atoms with Gasteiger partial charge in [-0.25, -0.2) is 0 Å². The molecule has 0 spiro atoms. The largest absolute Gasteiger partial charge is 0.481 e.